The largest absolute Gasteiger partial charge is 0.497 e. The molecule has 1 saturated heterocycles. The van der Waals surface area contributed by atoms with E-state index in [4.69, 9.17) is 4.74 Å². The molecule has 0 amide bonds. The fraction of sp³-hybridized carbons (Fsp3) is 0.444. The lowest BCUT2D eigenvalue weighted by Gasteiger charge is -2.36. The average Bonchev–Trinajstić information content (AvgIpc) is 2.54. The van der Waals surface area contributed by atoms with Gasteiger partial charge in [0.15, 0.2) is 0 Å². The minimum absolute atomic E-state index is 0.329. The summed E-state index contributed by atoms with van der Waals surface area (Å²) in [6, 6.07) is 8.35. The van der Waals surface area contributed by atoms with Crippen LogP contribution in [0.2, 0.25) is 0 Å². The molecular formula is C18H23N3O3. The Hall–Kier alpha value is -2.50. The molecule has 24 heavy (non-hydrogen) atoms. The van der Waals surface area contributed by atoms with Crippen LogP contribution in [0.4, 0.5) is 5.82 Å². The predicted octanol–water partition coefficient (Wildman–Crippen LogP) is 2.02. The van der Waals surface area contributed by atoms with Crippen LogP contribution in [0.25, 0.3) is 5.69 Å². The Balaban J connectivity index is 1.97. The highest BCUT2D eigenvalue weighted by molar-refractivity contribution is 5.41. The number of nitrogens with one attached hydrogen (secondary N) is 1. The van der Waals surface area contributed by atoms with Crippen molar-refractivity contribution >= 4 is 5.82 Å². The SMILES string of the molecule is COc1ccc(-n2c(=O)cc(N3C[C@@H](C)C[C@H](C)C3)[nH]c2=O)cc1. The average molecular weight is 329 g/mol. The first kappa shape index (κ1) is 16.4. The zero-order valence-corrected chi connectivity index (χ0v) is 14.3. The maximum Gasteiger partial charge on any atom is 0.334 e. The summed E-state index contributed by atoms with van der Waals surface area (Å²) >= 11 is 0. The number of rotatable bonds is 3. The van der Waals surface area contributed by atoms with Crippen molar-refractivity contribution in [3.63, 3.8) is 0 Å². The molecule has 3 rings (SSSR count). The number of hydrogen-bond donors (Lipinski definition) is 1. The van der Waals surface area contributed by atoms with Crippen LogP contribution in [0.15, 0.2) is 39.9 Å². The van der Waals surface area contributed by atoms with Gasteiger partial charge in [0.25, 0.3) is 5.56 Å². The van der Waals surface area contributed by atoms with E-state index in [-0.39, 0.29) is 5.56 Å². The van der Waals surface area contributed by atoms with Crippen LogP contribution < -0.4 is 20.9 Å². The summed E-state index contributed by atoms with van der Waals surface area (Å²) in [7, 11) is 1.57. The molecule has 2 atom stereocenters. The first-order chi connectivity index (χ1) is 11.5. The molecule has 1 aromatic heterocycles. The number of methoxy groups -OCH3 is 1. The molecule has 2 aromatic rings. The molecule has 128 valence electrons. The number of nitrogens with zero attached hydrogens (tertiary/aromatic N) is 2. The van der Waals surface area contributed by atoms with Crippen LogP contribution in [0.3, 0.4) is 0 Å². The lowest BCUT2D eigenvalue weighted by atomic mass is 9.92. The van der Waals surface area contributed by atoms with E-state index < -0.39 is 5.69 Å². The minimum Gasteiger partial charge on any atom is -0.497 e. The Morgan fingerprint density at radius 3 is 2.25 bits per heavy atom. The van der Waals surface area contributed by atoms with E-state index in [0.29, 0.717) is 29.1 Å². The standard InChI is InChI=1S/C18H23N3O3/c1-12-8-13(2)11-20(10-12)16-9-17(22)21(18(23)19-16)14-4-6-15(24-3)7-5-14/h4-7,9,12-13H,8,10-11H2,1-3H3,(H,19,23)/t12-,13-/m0/s1. The minimum atomic E-state index is -0.423. The molecule has 0 radical (unpaired) electrons. The van der Waals surface area contributed by atoms with Gasteiger partial charge >= 0.3 is 5.69 Å². The summed E-state index contributed by atoms with van der Waals surface area (Å²) in [4.78, 5) is 29.9. The summed E-state index contributed by atoms with van der Waals surface area (Å²) in [5, 5.41) is 0. The van der Waals surface area contributed by atoms with E-state index >= 15 is 0 Å². The van der Waals surface area contributed by atoms with Gasteiger partial charge in [-0.05, 0) is 42.5 Å². The molecule has 6 nitrogen and oxygen atoms in total. The van der Waals surface area contributed by atoms with Gasteiger partial charge < -0.3 is 9.64 Å². The Labute approximate surface area is 140 Å². The van der Waals surface area contributed by atoms with Crippen molar-refractivity contribution in [1.82, 2.24) is 9.55 Å². The van der Waals surface area contributed by atoms with E-state index in [0.717, 1.165) is 17.7 Å². The van der Waals surface area contributed by atoms with Crippen LogP contribution in [-0.2, 0) is 0 Å². The van der Waals surface area contributed by atoms with E-state index in [9.17, 15) is 9.59 Å². The normalized spacial score (nSPS) is 20.9. The topological polar surface area (TPSA) is 67.3 Å². The van der Waals surface area contributed by atoms with Crippen LogP contribution in [0.5, 0.6) is 5.75 Å². The molecule has 2 heterocycles. The second kappa shape index (κ2) is 6.55. The summed E-state index contributed by atoms with van der Waals surface area (Å²) in [5.41, 5.74) is -0.229. The molecule has 0 unspecified atom stereocenters. The molecular weight excluding hydrogens is 306 g/mol. The number of aromatic amines is 1. The number of ether oxygens (including phenoxy) is 1. The van der Waals surface area contributed by atoms with Gasteiger partial charge in [-0.1, -0.05) is 13.8 Å². The van der Waals surface area contributed by atoms with Crippen molar-refractivity contribution in [2.45, 2.75) is 20.3 Å². The highest BCUT2D eigenvalue weighted by Gasteiger charge is 2.23. The molecule has 1 aliphatic heterocycles. The van der Waals surface area contributed by atoms with Crippen LogP contribution in [0.1, 0.15) is 20.3 Å². The highest BCUT2D eigenvalue weighted by Crippen LogP contribution is 2.23. The Kier molecular flexibility index (Phi) is 4.46. The Morgan fingerprint density at radius 1 is 1.08 bits per heavy atom. The molecule has 1 fully saturated rings. The third kappa shape index (κ3) is 3.22. The zero-order valence-electron chi connectivity index (χ0n) is 14.3. The number of H-pyrrole nitrogens is 1. The van der Waals surface area contributed by atoms with E-state index in [1.54, 1.807) is 31.4 Å². The number of aromatic nitrogens is 2. The third-order valence-electron chi connectivity index (χ3n) is 4.46. The first-order valence-electron chi connectivity index (χ1n) is 8.23. The maximum absolute atomic E-state index is 12.5. The van der Waals surface area contributed by atoms with E-state index in [1.807, 2.05) is 0 Å². The summed E-state index contributed by atoms with van der Waals surface area (Å²) < 4.78 is 6.24. The van der Waals surface area contributed by atoms with E-state index in [1.165, 1.54) is 12.5 Å². The fourth-order valence-electron chi connectivity index (χ4n) is 3.49. The molecule has 1 aromatic carbocycles. The second-order valence-corrected chi connectivity index (χ2v) is 6.68. The third-order valence-corrected chi connectivity index (χ3v) is 4.46. The van der Waals surface area contributed by atoms with Gasteiger partial charge in [-0.3, -0.25) is 9.78 Å². The summed E-state index contributed by atoms with van der Waals surface area (Å²) in [5.74, 6) is 2.37. The van der Waals surface area contributed by atoms with Crippen LogP contribution >= 0.6 is 0 Å². The van der Waals surface area contributed by atoms with Crippen LogP contribution in [-0.4, -0.2) is 29.8 Å². The molecule has 0 spiro atoms. The molecule has 0 saturated carbocycles. The van der Waals surface area contributed by atoms with E-state index in [2.05, 4.69) is 23.7 Å². The van der Waals surface area contributed by atoms with Crippen molar-refractivity contribution in [1.29, 1.82) is 0 Å². The lowest BCUT2D eigenvalue weighted by molar-refractivity contribution is 0.355. The molecule has 0 bridgehead atoms. The quantitative estimate of drug-likeness (QED) is 0.935. The Bertz CT molecular complexity index is 781. The second-order valence-electron chi connectivity index (χ2n) is 6.68. The van der Waals surface area contributed by atoms with Gasteiger partial charge in [-0.25, -0.2) is 9.36 Å². The van der Waals surface area contributed by atoms with Gasteiger partial charge in [0.2, 0.25) is 0 Å². The maximum atomic E-state index is 12.5. The zero-order chi connectivity index (χ0) is 17.3. The van der Waals surface area contributed by atoms with Crippen LogP contribution in [0, 0.1) is 11.8 Å². The van der Waals surface area contributed by atoms with Crippen molar-refractivity contribution in [2.75, 3.05) is 25.1 Å². The monoisotopic (exact) mass is 329 g/mol. The highest BCUT2D eigenvalue weighted by atomic mass is 16.5. The number of anilines is 1. The van der Waals surface area contributed by atoms with Crippen molar-refractivity contribution < 1.29 is 4.74 Å². The fourth-order valence-corrected chi connectivity index (χ4v) is 3.49. The molecule has 1 aliphatic rings. The van der Waals surface area contributed by atoms with Crippen molar-refractivity contribution in [2.24, 2.45) is 11.8 Å². The van der Waals surface area contributed by atoms with Gasteiger partial charge in [0.1, 0.15) is 11.6 Å². The number of piperidine rings is 1. The Morgan fingerprint density at radius 2 is 1.71 bits per heavy atom. The number of hydrogen-bond acceptors (Lipinski definition) is 4. The molecule has 0 aliphatic carbocycles. The van der Waals surface area contributed by atoms with Gasteiger partial charge in [-0.15, -0.1) is 0 Å². The predicted molar refractivity (Wildman–Crippen MR) is 94.4 cm³/mol. The summed E-state index contributed by atoms with van der Waals surface area (Å²) in [6.45, 7) is 6.09. The number of benzene rings is 1. The first-order valence-corrected chi connectivity index (χ1v) is 8.23. The van der Waals surface area contributed by atoms with Gasteiger partial charge in [0, 0.05) is 19.2 Å². The van der Waals surface area contributed by atoms with Gasteiger partial charge in [-0.2, -0.15) is 0 Å². The molecule has 1 N–H and O–H groups in total. The molecule has 6 heteroatoms. The van der Waals surface area contributed by atoms with Gasteiger partial charge in [0.05, 0.1) is 12.8 Å². The van der Waals surface area contributed by atoms with Crippen molar-refractivity contribution in [3.05, 3.63) is 51.2 Å². The smallest absolute Gasteiger partial charge is 0.334 e. The summed E-state index contributed by atoms with van der Waals surface area (Å²) in [6.07, 6.45) is 1.17. The van der Waals surface area contributed by atoms with Crippen molar-refractivity contribution in [3.8, 4) is 11.4 Å². The lowest BCUT2D eigenvalue weighted by Crippen LogP contribution is -2.42.